The molecule has 1 aliphatic heterocycles. The number of rotatable bonds is 3. The molecule has 0 atom stereocenters. The predicted octanol–water partition coefficient (Wildman–Crippen LogP) is 5.45. The SMILES string of the molecule is O=C(c1ccc(-c2ccc(F)cc2)s1)N1CCC(c2nc3ccccc3[nH]2)CC1. The summed E-state index contributed by atoms with van der Waals surface area (Å²) in [6, 6.07) is 18.2. The molecule has 4 aromatic rings. The molecular weight excluding hydrogens is 385 g/mol. The van der Waals surface area contributed by atoms with E-state index in [1.165, 1.54) is 23.5 Å². The summed E-state index contributed by atoms with van der Waals surface area (Å²) in [5, 5.41) is 0. The number of benzene rings is 2. The molecule has 0 aliphatic carbocycles. The van der Waals surface area contributed by atoms with Crippen molar-refractivity contribution in [1.29, 1.82) is 0 Å². The number of thiophene rings is 1. The zero-order valence-electron chi connectivity index (χ0n) is 15.8. The van der Waals surface area contributed by atoms with Crippen LogP contribution in [0.5, 0.6) is 0 Å². The number of aromatic amines is 1. The summed E-state index contributed by atoms with van der Waals surface area (Å²) in [4.78, 5) is 24.7. The van der Waals surface area contributed by atoms with E-state index in [2.05, 4.69) is 4.98 Å². The van der Waals surface area contributed by atoms with Gasteiger partial charge in [-0.1, -0.05) is 24.3 Å². The minimum absolute atomic E-state index is 0.0754. The Morgan fingerprint density at radius 3 is 2.55 bits per heavy atom. The molecule has 2 aromatic heterocycles. The van der Waals surface area contributed by atoms with Gasteiger partial charge in [0.05, 0.1) is 15.9 Å². The molecule has 0 unspecified atom stereocenters. The Morgan fingerprint density at radius 1 is 1.03 bits per heavy atom. The van der Waals surface area contributed by atoms with Crippen LogP contribution in [0.3, 0.4) is 0 Å². The minimum Gasteiger partial charge on any atom is -0.342 e. The van der Waals surface area contributed by atoms with Crippen molar-refractivity contribution in [1.82, 2.24) is 14.9 Å². The molecule has 0 saturated carbocycles. The second-order valence-electron chi connectivity index (χ2n) is 7.38. The van der Waals surface area contributed by atoms with Crippen molar-refractivity contribution < 1.29 is 9.18 Å². The van der Waals surface area contributed by atoms with Crippen LogP contribution >= 0.6 is 11.3 Å². The number of hydrogen-bond acceptors (Lipinski definition) is 3. The van der Waals surface area contributed by atoms with Gasteiger partial charge in [0.15, 0.2) is 0 Å². The molecule has 146 valence electrons. The van der Waals surface area contributed by atoms with E-state index in [9.17, 15) is 9.18 Å². The van der Waals surface area contributed by atoms with Gasteiger partial charge in [0.2, 0.25) is 0 Å². The smallest absolute Gasteiger partial charge is 0.263 e. The summed E-state index contributed by atoms with van der Waals surface area (Å²) in [6.07, 6.45) is 1.81. The lowest BCUT2D eigenvalue weighted by atomic mass is 9.96. The van der Waals surface area contributed by atoms with Crippen molar-refractivity contribution in [3.8, 4) is 10.4 Å². The fourth-order valence-electron chi connectivity index (χ4n) is 3.90. The van der Waals surface area contributed by atoms with Crippen LogP contribution in [-0.2, 0) is 0 Å². The Kier molecular flexibility index (Phi) is 4.64. The van der Waals surface area contributed by atoms with E-state index < -0.39 is 0 Å². The quantitative estimate of drug-likeness (QED) is 0.493. The van der Waals surface area contributed by atoms with Crippen LogP contribution in [0.4, 0.5) is 4.39 Å². The average molecular weight is 405 g/mol. The van der Waals surface area contributed by atoms with E-state index in [0.717, 1.165) is 58.1 Å². The lowest BCUT2D eigenvalue weighted by Crippen LogP contribution is -2.37. The number of nitrogens with one attached hydrogen (secondary N) is 1. The van der Waals surface area contributed by atoms with E-state index in [-0.39, 0.29) is 11.7 Å². The molecule has 6 heteroatoms. The first-order valence-electron chi connectivity index (χ1n) is 9.77. The number of carbonyl (C=O) groups excluding carboxylic acids is 1. The number of nitrogens with zero attached hydrogens (tertiary/aromatic N) is 2. The first-order valence-corrected chi connectivity index (χ1v) is 10.6. The third-order valence-electron chi connectivity index (χ3n) is 5.52. The first-order chi connectivity index (χ1) is 14.2. The van der Waals surface area contributed by atoms with Gasteiger partial charge in [-0.3, -0.25) is 4.79 Å². The summed E-state index contributed by atoms with van der Waals surface area (Å²) in [5.74, 6) is 1.19. The highest BCUT2D eigenvalue weighted by Crippen LogP contribution is 2.32. The summed E-state index contributed by atoms with van der Waals surface area (Å²) in [7, 11) is 0. The van der Waals surface area contributed by atoms with E-state index in [0.29, 0.717) is 5.92 Å². The Hall–Kier alpha value is -2.99. The van der Waals surface area contributed by atoms with E-state index in [4.69, 9.17) is 4.98 Å². The lowest BCUT2D eigenvalue weighted by Gasteiger charge is -2.30. The molecular formula is C23H20FN3OS. The second kappa shape index (κ2) is 7.44. The van der Waals surface area contributed by atoms with Gasteiger partial charge in [-0.05, 0) is 54.8 Å². The number of para-hydroxylation sites is 2. The molecule has 5 rings (SSSR count). The Morgan fingerprint density at radius 2 is 1.79 bits per heavy atom. The first kappa shape index (κ1) is 18.1. The summed E-state index contributed by atoms with van der Waals surface area (Å²) < 4.78 is 13.1. The van der Waals surface area contributed by atoms with Gasteiger partial charge in [0, 0.05) is 23.9 Å². The number of halogens is 1. The molecule has 1 N–H and O–H groups in total. The number of likely N-dealkylation sites (tertiary alicyclic amines) is 1. The van der Waals surface area contributed by atoms with Crippen molar-refractivity contribution in [3.05, 3.63) is 77.2 Å². The molecule has 0 radical (unpaired) electrons. The number of amides is 1. The predicted molar refractivity (Wildman–Crippen MR) is 114 cm³/mol. The molecule has 1 fully saturated rings. The number of H-pyrrole nitrogens is 1. The monoisotopic (exact) mass is 405 g/mol. The third kappa shape index (κ3) is 3.56. The Balaban J connectivity index is 1.26. The fraction of sp³-hybridized carbons (Fsp3) is 0.217. The van der Waals surface area contributed by atoms with E-state index >= 15 is 0 Å². The van der Waals surface area contributed by atoms with Crippen molar-refractivity contribution in [2.24, 2.45) is 0 Å². The van der Waals surface area contributed by atoms with Crippen molar-refractivity contribution in [3.63, 3.8) is 0 Å². The maximum absolute atomic E-state index is 13.1. The Bertz CT molecular complexity index is 1120. The second-order valence-corrected chi connectivity index (χ2v) is 8.46. The van der Waals surface area contributed by atoms with Crippen LogP contribution in [0, 0.1) is 5.82 Å². The normalized spacial score (nSPS) is 15.1. The number of hydrogen-bond donors (Lipinski definition) is 1. The van der Waals surface area contributed by atoms with Crippen LogP contribution in [0.2, 0.25) is 0 Å². The average Bonchev–Trinajstić information content (AvgIpc) is 3.41. The molecule has 0 spiro atoms. The molecule has 4 nitrogen and oxygen atoms in total. The lowest BCUT2D eigenvalue weighted by molar-refractivity contribution is 0.0716. The summed E-state index contributed by atoms with van der Waals surface area (Å²) in [6.45, 7) is 1.45. The maximum atomic E-state index is 13.1. The van der Waals surface area contributed by atoms with Gasteiger partial charge in [0.25, 0.3) is 5.91 Å². The van der Waals surface area contributed by atoms with Crippen LogP contribution in [0.25, 0.3) is 21.5 Å². The molecule has 0 bridgehead atoms. The highest BCUT2D eigenvalue weighted by molar-refractivity contribution is 7.17. The van der Waals surface area contributed by atoms with Gasteiger partial charge >= 0.3 is 0 Å². The van der Waals surface area contributed by atoms with Crippen LogP contribution in [0.1, 0.15) is 34.3 Å². The largest absolute Gasteiger partial charge is 0.342 e. The molecule has 3 heterocycles. The van der Waals surface area contributed by atoms with Crippen LogP contribution in [0.15, 0.2) is 60.7 Å². The van der Waals surface area contributed by atoms with Crippen molar-refractivity contribution >= 4 is 28.3 Å². The van der Waals surface area contributed by atoms with Gasteiger partial charge in [-0.15, -0.1) is 11.3 Å². The number of fused-ring (bicyclic) bond motifs is 1. The molecule has 1 aliphatic rings. The molecule has 2 aromatic carbocycles. The highest BCUT2D eigenvalue weighted by atomic mass is 32.1. The Labute approximate surface area is 172 Å². The van der Waals surface area contributed by atoms with Crippen LogP contribution < -0.4 is 0 Å². The number of imidazole rings is 1. The number of aromatic nitrogens is 2. The number of piperidine rings is 1. The van der Waals surface area contributed by atoms with Gasteiger partial charge in [-0.25, -0.2) is 9.37 Å². The van der Waals surface area contributed by atoms with Gasteiger partial charge in [-0.2, -0.15) is 0 Å². The van der Waals surface area contributed by atoms with E-state index in [1.54, 1.807) is 12.1 Å². The van der Waals surface area contributed by atoms with Gasteiger partial charge < -0.3 is 9.88 Å². The summed E-state index contributed by atoms with van der Waals surface area (Å²) >= 11 is 1.46. The molecule has 1 amide bonds. The highest BCUT2D eigenvalue weighted by Gasteiger charge is 2.27. The van der Waals surface area contributed by atoms with Crippen molar-refractivity contribution in [2.45, 2.75) is 18.8 Å². The minimum atomic E-state index is -0.256. The number of carbonyl (C=O) groups is 1. The molecule has 1 saturated heterocycles. The fourth-order valence-corrected chi connectivity index (χ4v) is 4.88. The van der Waals surface area contributed by atoms with Crippen LogP contribution in [-0.4, -0.2) is 33.9 Å². The zero-order valence-corrected chi connectivity index (χ0v) is 16.6. The zero-order chi connectivity index (χ0) is 19.8. The summed E-state index contributed by atoms with van der Waals surface area (Å²) in [5.41, 5.74) is 2.99. The maximum Gasteiger partial charge on any atom is 0.263 e. The molecule has 29 heavy (non-hydrogen) atoms. The third-order valence-corrected chi connectivity index (χ3v) is 6.64. The van der Waals surface area contributed by atoms with E-state index in [1.807, 2.05) is 41.3 Å². The van der Waals surface area contributed by atoms with Crippen molar-refractivity contribution in [2.75, 3.05) is 13.1 Å². The standard InChI is InChI=1S/C23H20FN3OS/c24-17-7-5-15(6-8-17)20-9-10-21(29-20)23(28)27-13-11-16(12-14-27)22-25-18-3-1-2-4-19(18)26-22/h1-10,16H,11-14H2,(H,25,26). The topological polar surface area (TPSA) is 49.0 Å². The van der Waals surface area contributed by atoms with Gasteiger partial charge in [0.1, 0.15) is 11.6 Å².